The second-order valence-corrected chi connectivity index (χ2v) is 11.7. The van der Waals surface area contributed by atoms with Crippen LogP contribution in [0.2, 0.25) is 5.02 Å². The average Bonchev–Trinajstić information content (AvgIpc) is 3.60. The molecule has 39 heavy (non-hydrogen) atoms. The highest BCUT2D eigenvalue weighted by molar-refractivity contribution is 6.30. The molecular formula is C28H28ClN7O3. The van der Waals surface area contributed by atoms with Gasteiger partial charge in [-0.1, -0.05) is 61.9 Å². The Morgan fingerprint density at radius 3 is 2.74 bits per heavy atom. The van der Waals surface area contributed by atoms with Crippen molar-refractivity contribution in [1.82, 2.24) is 25.2 Å². The third-order valence-electron chi connectivity index (χ3n) is 7.13. The molecule has 200 valence electrons. The molecule has 2 aliphatic heterocycles. The second kappa shape index (κ2) is 9.82. The second-order valence-electron chi connectivity index (χ2n) is 11.2. The van der Waals surface area contributed by atoms with Gasteiger partial charge in [0, 0.05) is 23.7 Å². The number of carbonyl (C=O) groups is 3. The highest BCUT2D eigenvalue weighted by atomic mass is 35.5. The lowest BCUT2D eigenvalue weighted by molar-refractivity contribution is -0.134. The van der Waals surface area contributed by atoms with Gasteiger partial charge in [-0.25, -0.2) is 4.68 Å². The molecule has 3 heterocycles. The molecule has 3 atom stereocenters. The van der Waals surface area contributed by atoms with Gasteiger partial charge in [0.2, 0.25) is 11.8 Å². The van der Waals surface area contributed by atoms with Crippen LogP contribution in [0, 0.1) is 16.7 Å². The van der Waals surface area contributed by atoms with Gasteiger partial charge in [-0.3, -0.25) is 14.4 Å². The quantitative estimate of drug-likeness (QED) is 0.504. The molecular weight excluding hydrogens is 518 g/mol. The van der Waals surface area contributed by atoms with E-state index >= 15 is 0 Å². The fourth-order valence-electron chi connectivity index (χ4n) is 5.34. The van der Waals surface area contributed by atoms with Crippen molar-refractivity contribution in [3.05, 3.63) is 71.0 Å². The van der Waals surface area contributed by atoms with Crippen molar-refractivity contribution in [3.63, 3.8) is 0 Å². The zero-order valence-corrected chi connectivity index (χ0v) is 22.6. The van der Waals surface area contributed by atoms with Gasteiger partial charge < -0.3 is 15.5 Å². The van der Waals surface area contributed by atoms with E-state index in [9.17, 15) is 19.6 Å². The van der Waals surface area contributed by atoms with Crippen LogP contribution in [-0.4, -0.2) is 56.2 Å². The summed E-state index contributed by atoms with van der Waals surface area (Å²) in [5, 5.41) is 24.2. The number of benzene rings is 2. The molecule has 1 saturated heterocycles. The van der Waals surface area contributed by atoms with Crippen LogP contribution >= 0.6 is 11.6 Å². The van der Waals surface area contributed by atoms with Crippen LogP contribution < -0.4 is 10.6 Å². The van der Waals surface area contributed by atoms with E-state index in [0.29, 0.717) is 22.8 Å². The first-order valence-electron chi connectivity index (χ1n) is 12.6. The molecule has 0 unspecified atom stereocenters. The van der Waals surface area contributed by atoms with Crippen molar-refractivity contribution in [2.24, 2.45) is 5.41 Å². The molecule has 0 radical (unpaired) electrons. The van der Waals surface area contributed by atoms with E-state index in [2.05, 4.69) is 27.0 Å². The number of hydrogen-bond acceptors (Lipinski definition) is 6. The summed E-state index contributed by atoms with van der Waals surface area (Å²) in [6.07, 6.45) is 1.95. The molecule has 3 amide bonds. The molecule has 2 aliphatic rings. The zero-order valence-electron chi connectivity index (χ0n) is 21.8. The van der Waals surface area contributed by atoms with E-state index in [0.717, 1.165) is 5.56 Å². The molecule has 3 aromatic rings. The van der Waals surface area contributed by atoms with Gasteiger partial charge in [-0.05, 0) is 41.7 Å². The third kappa shape index (κ3) is 4.98. The van der Waals surface area contributed by atoms with Crippen LogP contribution in [0.15, 0.2) is 54.7 Å². The Morgan fingerprint density at radius 2 is 2.03 bits per heavy atom. The number of nitrogens with one attached hydrogen (secondary N) is 2. The molecule has 2 N–H and O–H groups in total. The molecule has 0 bridgehead atoms. The van der Waals surface area contributed by atoms with Crippen molar-refractivity contribution in [2.75, 3.05) is 11.9 Å². The number of amides is 3. The Morgan fingerprint density at radius 1 is 1.26 bits per heavy atom. The lowest BCUT2D eigenvalue weighted by Crippen LogP contribution is -2.52. The van der Waals surface area contributed by atoms with Gasteiger partial charge >= 0.3 is 0 Å². The largest absolute Gasteiger partial charge is 0.339 e. The van der Waals surface area contributed by atoms with Gasteiger partial charge in [0.1, 0.15) is 12.1 Å². The molecule has 10 nitrogen and oxygen atoms in total. The number of carbonyl (C=O) groups excluding carboxylic acids is 3. The van der Waals surface area contributed by atoms with Crippen LogP contribution in [0.5, 0.6) is 0 Å². The number of likely N-dealkylation sites (tertiary alicyclic amines) is 1. The van der Waals surface area contributed by atoms with Crippen molar-refractivity contribution in [3.8, 4) is 11.8 Å². The predicted octanol–water partition coefficient (Wildman–Crippen LogP) is 3.47. The molecule has 0 saturated carbocycles. The summed E-state index contributed by atoms with van der Waals surface area (Å²) in [4.78, 5) is 41.8. The number of fused-ring (bicyclic) bond motifs is 2. The van der Waals surface area contributed by atoms with Crippen LogP contribution in [0.3, 0.4) is 0 Å². The predicted molar refractivity (Wildman–Crippen MR) is 144 cm³/mol. The molecule has 1 spiro atoms. The molecule has 5 rings (SSSR count). The number of rotatable bonds is 5. The summed E-state index contributed by atoms with van der Waals surface area (Å²) >= 11 is 6.07. The van der Waals surface area contributed by atoms with Crippen LogP contribution in [-0.2, 0) is 15.0 Å². The number of para-hydroxylation sites is 1. The van der Waals surface area contributed by atoms with Crippen LogP contribution in [0.4, 0.5) is 5.69 Å². The minimum Gasteiger partial charge on any atom is -0.339 e. The van der Waals surface area contributed by atoms with E-state index in [-0.39, 0.29) is 30.0 Å². The van der Waals surface area contributed by atoms with Gasteiger partial charge in [0.15, 0.2) is 5.69 Å². The van der Waals surface area contributed by atoms with Gasteiger partial charge in [0.05, 0.1) is 23.4 Å². The van der Waals surface area contributed by atoms with E-state index in [1.54, 1.807) is 24.3 Å². The number of nitriles is 1. The fraction of sp³-hybridized carbons (Fsp3) is 0.357. The minimum atomic E-state index is -1.01. The van der Waals surface area contributed by atoms with E-state index in [1.165, 1.54) is 15.8 Å². The summed E-state index contributed by atoms with van der Waals surface area (Å²) in [6.45, 7) is 5.93. The smallest absolute Gasteiger partial charge is 0.274 e. The van der Waals surface area contributed by atoms with Gasteiger partial charge in [-0.2, -0.15) is 5.26 Å². The first-order chi connectivity index (χ1) is 18.5. The lowest BCUT2D eigenvalue weighted by Gasteiger charge is -2.31. The Hall–Kier alpha value is -4.23. The maximum absolute atomic E-state index is 14.0. The van der Waals surface area contributed by atoms with E-state index in [1.807, 2.05) is 45.0 Å². The normalized spacial score (nSPS) is 20.8. The van der Waals surface area contributed by atoms with E-state index in [4.69, 9.17) is 11.6 Å². The topological polar surface area (TPSA) is 133 Å². The Balaban J connectivity index is 1.40. The Kier molecular flexibility index (Phi) is 6.64. The molecule has 2 aromatic carbocycles. The Labute approximate surface area is 230 Å². The molecule has 0 aliphatic carbocycles. The molecule has 11 heteroatoms. The lowest BCUT2D eigenvalue weighted by atomic mass is 9.80. The monoisotopic (exact) mass is 545 g/mol. The average molecular weight is 546 g/mol. The molecule has 1 aromatic heterocycles. The summed E-state index contributed by atoms with van der Waals surface area (Å²) in [5.74, 6) is -1.22. The van der Waals surface area contributed by atoms with Crippen molar-refractivity contribution in [1.29, 1.82) is 5.26 Å². The van der Waals surface area contributed by atoms with Crippen molar-refractivity contribution < 1.29 is 14.4 Å². The third-order valence-corrected chi connectivity index (χ3v) is 7.37. The summed E-state index contributed by atoms with van der Waals surface area (Å²) in [5.41, 5.74) is 0.785. The van der Waals surface area contributed by atoms with Crippen molar-refractivity contribution in [2.45, 2.75) is 51.1 Å². The van der Waals surface area contributed by atoms with Gasteiger partial charge in [0.25, 0.3) is 5.91 Å². The van der Waals surface area contributed by atoms with Crippen LogP contribution in [0.25, 0.3) is 5.69 Å². The fourth-order valence-corrected chi connectivity index (χ4v) is 5.53. The van der Waals surface area contributed by atoms with E-state index < -0.39 is 29.3 Å². The Bertz CT molecular complexity index is 1510. The number of halogens is 1. The number of anilines is 1. The SMILES string of the molecule is CC(C)(C)C[C@H](NC(=O)c1cn(-c2cccc(Cl)c2)nn1)C(=O)N1C[C@]2(C[C@H]1C#N)C(=O)Nc1ccccc12. The first-order valence-corrected chi connectivity index (χ1v) is 13.0. The summed E-state index contributed by atoms with van der Waals surface area (Å²) in [7, 11) is 0. The zero-order chi connectivity index (χ0) is 27.9. The molecule has 1 fully saturated rings. The highest BCUT2D eigenvalue weighted by Crippen LogP contribution is 2.46. The maximum Gasteiger partial charge on any atom is 0.274 e. The number of aromatic nitrogens is 3. The first kappa shape index (κ1) is 26.4. The standard InChI is InChI=1S/C28H28ClN7O3/c1-27(2,3)13-22(31-24(37)23-15-36(34-33-23)18-8-6-7-17(29)11-18)25(38)35-16-28(12-19(35)14-30)20-9-4-5-10-21(20)32-26(28)39/h4-11,15,19,22H,12-13,16H2,1-3H3,(H,31,37)(H,32,39)/t19-,22-,28-/m0/s1. The maximum atomic E-state index is 14.0. The summed E-state index contributed by atoms with van der Waals surface area (Å²) in [6, 6.07) is 14.7. The van der Waals surface area contributed by atoms with Gasteiger partial charge in [-0.15, -0.1) is 5.10 Å². The number of nitrogens with zero attached hydrogens (tertiary/aromatic N) is 5. The summed E-state index contributed by atoms with van der Waals surface area (Å²) < 4.78 is 1.42. The van der Waals surface area contributed by atoms with Crippen molar-refractivity contribution >= 4 is 35.0 Å². The highest BCUT2D eigenvalue weighted by Gasteiger charge is 2.56. The van der Waals surface area contributed by atoms with Crippen LogP contribution in [0.1, 0.15) is 49.7 Å². The number of hydrogen-bond donors (Lipinski definition) is 2. The minimum absolute atomic E-state index is 0.0282.